The lowest BCUT2D eigenvalue weighted by Crippen LogP contribution is -2.43. The summed E-state index contributed by atoms with van der Waals surface area (Å²) in [4.78, 5) is 14.1. The lowest BCUT2D eigenvalue weighted by Gasteiger charge is -2.39. The maximum absolute atomic E-state index is 12.0. The summed E-state index contributed by atoms with van der Waals surface area (Å²) in [5.41, 5.74) is 0.528. The van der Waals surface area contributed by atoms with Gasteiger partial charge in [0.25, 0.3) is 0 Å². The number of nitrogens with one attached hydrogen (secondary N) is 1. The molecule has 0 aromatic heterocycles. The van der Waals surface area contributed by atoms with E-state index in [-0.39, 0.29) is 0 Å². The van der Waals surface area contributed by atoms with Crippen LogP contribution in [0.25, 0.3) is 0 Å². The quantitative estimate of drug-likeness (QED) is 0.761. The Bertz CT molecular complexity index is 249. The van der Waals surface area contributed by atoms with Crippen LogP contribution in [0.3, 0.4) is 0 Å². The molecule has 1 amide bonds. The second kappa shape index (κ2) is 5.85. The Kier molecular flexibility index (Phi) is 4.43. The molecule has 0 aliphatic carbocycles. The topological polar surface area (TPSA) is 32.3 Å². The van der Waals surface area contributed by atoms with Crippen molar-refractivity contribution in [1.29, 1.82) is 0 Å². The Morgan fingerprint density at radius 1 is 1.24 bits per heavy atom. The number of carbonyl (C=O) groups excluding carboxylic acids is 1. The zero-order valence-electron chi connectivity index (χ0n) is 11.1. The minimum Gasteiger partial charge on any atom is -0.343 e. The van der Waals surface area contributed by atoms with Crippen LogP contribution in [0.2, 0.25) is 0 Å². The van der Waals surface area contributed by atoms with Crippen LogP contribution in [0, 0.1) is 5.41 Å². The minimum absolute atomic E-state index is 0.388. The smallest absolute Gasteiger partial charge is 0.222 e. The van der Waals surface area contributed by atoms with Crippen LogP contribution in [0.4, 0.5) is 0 Å². The third-order valence-corrected chi connectivity index (χ3v) is 4.50. The summed E-state index contributed by atoms with van der Waals surface area (Å²) in [5, 5.41) is 3.47. The van der Waals surface area contributed by atoms with Crippen molar-refractivity contribution >= 4 is 5.91 Å². The number of likely N-dealkylation sites (tertiary alicyclic amines) is 1. The number of hydrogen-bond acceptors (Lipinski definition) is 2. The molecule has 2 aliphatic heterocycles. The molecule has 0 aromatic carbocycles. The Morgan fingerprint density at radius 3 is 2.59 bits per heavy atom. The number of carbonyl (C=O) groups is 1. The first kappa shape index (κ1) is 12.9. The fourth-order valence-electron chi connectivity index (χ4n) is 3.14. The van der Waals surface area contributed by atoms with Crippen molar-refractivity contribution in [3.05, 3.63) is 0 Å². The highest BCUT2D eigenvalue weighted by Gasteiger charge is 2.37. The number of amides is 1. The maximum Gasteiger partial charge on any atom is 0.222 e. The van der Waals surface area contributed by atoms with E-state index < -0.39 is 0 Å². The van der Waals surface area contributed by atoms with Gasteiger partial charge in [-0.1, -0.05) is 19.8 Å². The first-order valence-corrected chi connectivity index (χ1v) is 7.24. The zero-order chi connectivity index (χ0) is 12.1. The minimum atomic E-state index is 0.388. The van der Waals surface area contributed by atoms with Crippen molar-refractivity contribution in [3.8, 4) is 0 Å². The maximum atomic E-state index is 12.0. The lowest BCUT2D eigenvalue weighted by molar-refractivity contribution is -0.133. The van der Waals surface area contributed by atoms with Crippen LogP contribution in [-0.4, -0.2) is 37.0 Å². The average molecular weight is 238 g/mol. The van der Waals surface area contributed by atoms with Gasteiger partial charge in [-0.05, 0) is 37.6 Å². The van der Waals surface area contributed by atoms with E-state index in [0.717, 1.165) is 25.9 Å². The van der Waals surface area contributed by atoms with Crippen molar-refractivity contribution in [2.45, 2.75) is 51.9 Å². The zero-order valence-corrected chi connectivity index (χ0v) is 11.1. The predicted octanol–water partition coefficient (Wildman–Crippen LogP) is 2.17. The Hall–Kier alpha value is -0.570. The van der Waals surface area contributed by atoms with Gasteiger partial charge in [0.15, 0.2) is 0 Å². The molecule has 0 aromatic rings. The van der Waals surface area contributed by atoms with Crippen molar-refractivity contribution in [2.75, 3.05) is 26.2 Å². The van der Waals surface area contributed by atoms with Gasteiger partial charge in [-0.25, -0.2) is 0 Å². The molecule has 3 heteroatoms. The van der Waals surface area contributed by atoms with Gasteiger partial charge in [0, 0.05) is 26.1 Å². The van der Waals surface area contributed by atoms with Gasteiger partial charge in [0.1, 0.15) is 0 Å². The lowest BCUT2D eigenvalue weighted by atomic mass is 9.78. The molecule has 2 fully saturated rings. The fourth-order valence-corrected chi connectivity index (χ4v) is 3.14. The molecule has 2 saturated heterocycles. The van der Waals surface area contributed by atoms with Gasteiger partial charge in [-0.15, -0.1) is 0 Å². The molecule has 3 nitrogen and oxygen atoms in total. The molecule has 0 bridgehead atoms. The first-order chi connectivity index (χ1) is 8.26. The summed E-state index contributed by atoms with van der Waals surface area (Å²) in [7, 11) is 0. The molecule has 1 spiro atoms. The molecule has 17 heavy (non-hydrogen) atoms. The molecule has 0 radical (unpaired) electrons. The predicted molar refractivity (Wildman–Crippen MR) is 69.9 cm³/mol. The van der Waals surface area contributed by atoms with E-state index in [2.05, 4.69) is 17.1 Å². The summed E-state index contributed by atoms with van der Waals surface area (Å²) >= 11 is 0. The fraction of sp³-hybridized carbons (Fsp3) is 0.929. The van der Waals surface area contributed by atoms with Crippen LogP contribution >= 0.6 is 0 Å². The van der Waals surface area contributed by atoms with E-state index in [0.29, 0.717) is 11.3 Å². The second-order valence-electron chi connectivity index (χ2n) is 5.76. The number of rotatable bonds is 4. The van der Waals surface area contributed by atoms with E-state index in [1.54, 1.807) is 0 Å². The highest BCUT2D eigenvalue weighted by molar-refractivity contribution is 5.76. The van der Waals surface area contributed by atoms with E-state index in [9.17, 15) is 4.79 Å². The van der Waals surface area contributed by atoms with Crippen LogP contribution in [-0.2, 0) is 4.79 Å². The van der Waals surface area contributed by atoms with E-state index >= 15 is 0 Å². The summed E-state index contributed by atoms with van der Waals surface area (Å²) in [6.07, 6.45) is 7.94. The third-order valence-electron chi connectivity index (χ3n) is 4.50. The summed E-state index contributed by atoms with van der Waals surface area (Å²) < 4.78 is 0. The van der Waals surface area contributed by atoms with Gasteiger partial charge < -0.3 is 10.2 Å². The van der Waals surface area contributed by atoms with Crippen LogP contribution < -0.4 is 5.32 Å². The molecular formula is C14H26N2O. The summed E-state index contributed by atoms with van der Waals surface area (Å²) in [6, 6.07) is 0. The Balaban J connectivity index is 1.72. The molecule has 2 heterocycles. The van der Waals surface area contributed by atoms with Crippen LogP contribution in [0.15, 0.2) is 0 Å². The molecule has 98 valence electrons. The average Bonchev–Trinajstić information content (AvgIpc) is 2.79. The first-order valence-electron chi connectivity index (χ1n) is 7.24. The SMILES string of the molecule is CCCCCC(=O)N1CCC2(CCNC2)CC1. The van der Waals surface area contributed by atoms with Gasteiger partial charge in [-0.3, -0.25) is 4.79 Å². The molecule has 2 rings (SSSR count). The van der Waals surface area contributed by atoms with E-state index in [1.165, 1.54) is 45.2 Å². The highest BCUT2D eigenvalue weighted by Crippen LogP contribution is 2.36. The molecule has 0 unspecified atom stereocenters. The number of unbranched alkanes of at least 4 members (excludes halogenated alkanes) is 2. The third kappa shape index (κ3) is 3.21. The highest BCUT2D eigenvalue weighted by atomic mass is 16.2. The number of piperidine rings is 1. The Labute approximate surface area is 105 Å². The van der Waals surface area contributed by atoms with E-state index in [1.807, 2.05) is 0 Å². The van der Waals surface area contributed by atoms with Crippen LogP contribution in [0.5, 0.6) is 0 Å². The van der Waals surface area contributed by atoms with Crippen molar-refractivity contribution in [2.24, 2.45) is 5.41 Å². The summed E-state index contributed by atoms with van der Waals surface area (Å²) in [5.74, 6) is 0.388. The van der Waals surface area contributed by atoms with Gasteiger partial charge in [-0.2, -0.15) is 0 Å². The number of hydrogen-bond donors (Lipinski definition) is 1. The molecule has 2 aliphatic rings. The van der Waals surface area contributed by atoms with Crippen molar-refractivity contribution < 1.29 is 4.79 Å². The molecular weight excluding hydrogens is 212 g/mol. The molecule has 1 N–H and O–H groups in total. The van der Waals surface area contributed by atoms with Crippen molar-refractivity contribution in [3.63, 3.8) is 0 Å². The Morgan fingerprint density at radius 2 is 2.00 bits per heavy atom. The largest absolute Gasteiger partial charge is 0.343 e. The van der Waals surface area contributed by atoms with Crippen LogP contribution in [0.1, 0.15) is 51.9 Å². The van der Waals surface area contributed by atoms with Gasteiger partial charge >= 0.3 is 0 Å². The van der Waals surface area contributed by atoms with Gasteiger partial charge in [0.2, 0.25) is 5.91 Å². The van der Waals surface area contributed by atoms with Gasteiger partial charge in [0.05, 0.1) is 0 Å². The van der Waals surface area contributed by atoms with Crippen molar-refractivity contribution in [1.82, 2.24) is 10.2 Å². The number of nitrogens with zero attached hydrogens (tertiary/aromatic N) is 1. The monoisotopic (exact) mass is 238 g/mol. The molecule has 0 atom stereocenters. The van der Waals surface area contributed by atoms with E-state index in [4.69, 9.17) is 0 Å². The summed E-state index contributed by atoms with van der Waals surface area (Å²) in [6.45, 7) is 6.51. The molecule has 0 saturated carbocycles. The normalized spacial score (nSPS) is 23.2. The second-order valence-corrected chi connectivity index (χ2v) is 5.76. The standard InChI is InChI=1S/C14H26N2O/c1-2-3-4-5-13(17)16-10-7-14(8-11-16)6-9-15-12-14/h15H,2-12H2,1H3.